The molecule has 0 fully saturated rings. The molecule has 0 radical (unpaired) electrons. The number of aryl methyl sites for hydroxylation is 1. The number of amides is 1. The second-order valence-corrected chi connectivity index (χ2v) is 11.0. The van der Waals surface area contributed by atoms with E-state index in [-0.39, 0.29) is 11.4 Å². The van der Waals surface area contributed by atoms with E-state index in [0.29, 0.717) is 25.8 Å². The van der Waals surface area contributed by atoms with E-state index < -0.39 is 33.9 Å². The molecule has 7 nitrogen and oxygen atoms in total. The van der Waals surface area contributed by atoms with E-state index in [1.807, 2.05) is 42.5 Å². The van der Waals surface area contributed by atoms with Crippen molar-refractivity contribution in [3.63, 3.8) is 0 Å². The summed E-state index contributed by atoms with van der Waals surface area (Å²) in [4.78, 5) is 12.7. The Bertz CT molecular complexity index is 1020. The number of aliphatic hydroxyl groups excluding tert-OH is 1. The SMILES string of the molecule is CC(C)(C)OC(=O)N[C@@H](Cc1ccccc1)[C@H](O)CN1CCCc2ccccc2S1(=O)=O. The van der Waals surface area contributed by atoms with Crippen LogP contribution in [0.2, 0.25) is 0 Å². The molecule has 1 amide bonds. The Morgan fingerprint density at radius 3 is 2.47 bits per heavy atom. The number of β-amino-alcohol motifs (C(OH)–C–C–N with tert-alkyl or cyclic N) is 1. The normalized spacial score (nSPS) is 18.1. The minimum atomic E-state index is -3.75. The van der Waals surface area contributed by atoms with Gasteiger partial charge in [-0.15, -0.1) is 0 Å². The highest BCUT2D eigenvalue weighted by Gasteiger charge is 2.33. The summed E-state index contributed by atoms with van der Waals surface area (Å²) in [5, 5.41) is 13.8. The summed E-state index contributed by atoms with van der Waals surface area (Å²) < 4.78 is 33.2. The number of fused-ring (bicyclic) bond motifs is 1. The van der Waals surface area contributed by atoms with Gasteiger partial charge in [0.15, 0.2) is 0 Å². The van der Waals surface area contributed by atoms with Gasteiger partial charge in [-0.1, -0.05) is 48.5 Å². The topological polar surface area (TPSA) is 95.9 Å². The molecule has 3 rings (SSSR count). The maximum absolute atomic E-state index is 13.3. The third-order valence-electron chi connectivity index (χ3n) is 5.30. The minimum absolute atomic E-state index is 0.121. The second kappa shape index (κ2) is 10.0. The number of aliphatic hydroxyl groups is 1. The molecule has 174 valence electrons. The largest absolute Gasteiger partial charge is 0.444 e. The lowest BCUT2D eigenvalue weighted by Gasteiger charge is -2.30. The third-order valence-corrected chi connectivity index (χ3v) is 7.27. The van der Waals surface area contributed by atoms with Crippen LogP contribution >= 0.6 is 0 Å². The third kappa shape index (κ3) is 6.31. The van der Waals surface area contributed by atoms with Crippen LogP contribution in [0.5, 0.6) is 0 Å². The lowest BCUT2D eigenvalue weighted by Crippen LogP contribution is -2.51. The molecule has 0 aliphatic carbocycles. The number of rotatable bonds is 6. The van der Waals surface area contributed by atoms with Gasteiger partial charge in [-0.2, -0.15) is 4.31 Å². The maximum Gasteiger partial charge on any atom is 0.407 e. The second-order valence-electron chi connectivity index (χ2n) is 9.08. The zero-order valence-electron chi connectivity index (χ0n) is 18.8. The fourth-order valence-corrected chi connectivity index (χ4v) is 5.55. The first-order valence-electron chi connectivity index (χ1n) is 10.9. The Kier molecular flexibility index (Phi) is 7.59. The minimum Gasteiger partial charge on any atom is -0.444 e. The summed E-state index contributed by atoms with van der Waals surface area (Å²) in [6, 6.07) is 15.7. The number of ether oxygens (including phenoxy) is 1. The van der Waals surface area contributed by atoms with Gasteiger partial charge in [0.1, 0.15) is 5.60 Å². The van der Waals surface area contributed by atoms with Crippen LogP contribution in [-0.4, -0.2) is 54.8 Å². The zero-order valence-corrected chi connectivity index (χ0v) is 19.6. The molecule has 1 heterocycles. The van der Waals surface area contributed by atoms with Gasteiger partial charge in [0, 0.05) is 13.1 Å². The van der Waals surface area contributed by atoms with Crippen LogP contribution < -0.4 is 5.32 Å². The first kappa shape index (κ1) is 24.2. The molecule has 2 atom stereocenters. The van der Waals surface area contributed by atoms with Crippen molar-refractivity contribution in [1.82, 2.24) is 9.62 Å². The van der Waals surface area contributed by atoms with E-state index in [4.69, 9.17) is 4.74 Å². The molecule has 0 aromatic heterocycles. The van der Waals surface area contributed by atoms with Crippen molar-refractivity contribution in [2.24, 2.45) is 0 Å². The summed E-state index contributed by atoms with van der Waals surface area (Å²) in [6.07, 6.45) is -0.118. The average molecular weight is 461 g/mol. The molecular formula is C24H32N2O5S. The van der Waals surface area contributed by atoms with Gasteiger partial charge in [-0.05, 0) is 57.2 Å². The van der Waals surface area contributed by atoms with Crippen LogP contribution in [-0.2, 0) is 27.6 Å². The van der Waals surface area contributed by atoms with Gasteiger partial charge in [-0.3, -0.25) is 0 Å². The molecule has 2 aromatic rings. The van der Waals surface area contributed by atoms with Crippen LogP contribution in [0.4, 0.5) is 4.79 Å². The van der Waals surface area contributed by atoms with E-state index in [0.717, 1.165) is 11.1 Å². The van der Waals surface area contributed by atoms with E-state index in [9.17, 15) is 18.3 Å². The standard InChI is InChI=1S/C24H32N2O5S/c1-24(2,3)31-23(28)25-20(16-18-10-5-4-6-11-18)21(27)17-26-15-9-13-19-12-7-8-14-22(19)32(26,29)30/h4-8,10-12,14,20-21,27H,9,13,15-17H2,1-3H3,(H,25,28)/t20-,21+/m0/s1. The summed E-state index contributed by atoms with van der Waals surface area (Å²) in [7, 11) is -3.75. The summed E-state index contributed by atoms with van der Waals surface area (Å²) in [5.41, 5.74) is 1.01. The number of hydrogen-bond acceptors (Lipinski definition) is 5. The molecule has 2 aromatic carbocycles. The predicted molar refractivity (Wildman–Crippen MR) is 123 cm³/mol. The Balaban J connectivity index is 1.80. The lowest BCUT2D eigenvalue weighted by molar-refractivity contribution is 0.0403. The van der Waals surface area contributed by atoms with Crippen molar-refractivity contribution in [3.8, 4) is 0 Å². The summed E-state index contributed by atoms with van der Waals surface area (Å²) in [6.45, 7) is 5.46. The number of carbonyl (C=O) groups excluding carboxylic acids is 1. The number of sulfonamides is 1. The van der Waals surface area contributed by atoms with E-state index in [1.165, 1.54) is 4.31 Å². The van der Waals surface area contributed by atoms with Crippen LogP contribution in [0.25, 0.3) is 0 Å². The van der Waals surface area contributed by atoms with E-state index in [2.05, 4.69) is 5.32 Å². The molecule has 0 bridgehead atoms. The molecule has 32 heavy (non-hydrogen) atoms. The zero-order chi connectivity index (χ0) is 23.4. The van der Waals surface area contributed by atoms with E-state index in [1.54, 1.807) is 32.9 Å². The number of carbonyl (C=O) groups is 1. The number of alkyl carbamates (subject to hydrolysis) is 1. The molecule has 1 aliphatic heterocycles. The maximum atomic E-state index is 13.3. The van der Waals surface area contributed by atoms with Gasteiger partial charge in [0.25, 0.3) is 0 Å². The summed E-state index contributed by atoms with van der Waals surface area (Å²) in [5.74, 6) is 0. The van der Waals surface area contributed by atoms with Gasteiger partial charge in [0.2, 0.25) is 10.0 Å². The van der Waals surface area contributed by atoms with Gasteiger partial charge in [-0.25, -0.2) is 13.2 Å². The highest BCUT2D eigenvalue weighted by Crippen LogP contribution is 2.26. The Morgan fingerprint density at radius 2 is 1.78 bits per heavy atom. The van der Waals surface area contributed by atoms with E-state index >= 15 is 0 Å². The fraction of sp³-hybridized carbons (Fsp3) is 0.458. The smallest absolute Gasteiger partial charge is 0.407 e. The molecule has 1 aliphatic rings. The van der Waals surface area contributed by atoms with Gasteiger partial charge >= 0.3 is 6.09 Å². The Hall–Kier alpha value is -2.42. The highest BCUT2D eigenvalue weighted by molar-refractivity contribution is 7.89. The fourth-order valence-electron chi connectivity index (χ4n) is 3.80. The number of nitrogens with one attached hydrogen (secondary N) is 1. The van der Waals surface area contributed by atoms with Crippen LogP contribution in [0.3, 0.4) is 0 Å². The average Bonchev–Trinajstić information content (AvgIpc) is 2.83. The molecule has 2 N–H and O–H groups in total. The van der Waals surface area contributed by atoms with Crippen LogP contribution in [0.1, 0.15) is 38.3 Å². The van der Waals surface area contributed by atoms with Crippen molar-refractivity contribution in [2.45, 2.75) is 62.7 Å². The summed E-state index contributed by atoms with van der Waals surface area (Å²) >= 11 is 0. The molecule has 0 spiro atoms. The first-order chi connectivity index (χ1) is 15.1. The van der Waals surface area contributed by atoms with Crippen molar-refractivity contribution in [1.29, 1.82) is 0 Å². The molecule has 0 saturated heterocycles. The number of nitrogens with zero attached hydrogens (tertiary/aromatic N) is 1. The monoisotopic (exact) mass is 460 g/mol. The van der Waals surface area contributed by atoms with Crippen molar-refractivity contribution in [3.05, 3.63) is 65.7 Å². The quantitative estimate of drug-likeness (QED) is 0.691. The highest BCUT2D eigenvalue weighted by atomic mass is 32.2. The number of benzene rings is 2. The molecule has 0 unspecified atom stereocenters. The van der Waals surface area contributed by atoms with Gasteiger partial charge < -0.3 is 15.2 Å². The predicted octanol–water partition coefficient (Wildman–Crippen LogP) is 3.12. The van der Waals surface area contributed by atoms with Gasteiger partial charge in [0.05, 0.1) is 17.0 Å². The molecule has 8 heteroatoms. The lowest BCUT2D eigenvalue weighted by atomic mass is 10.0. The van der Waals surface area contributed by atoms with Crippen LogP contribution in [0.15, 0.2) is 59.5 Å². The van der Waals surface area contributed by atoms with Crippen molar-refractivity contribution >= 4 is 16.1 Å². The molecule has 0 saturated carbocycles. The first-order valence-corrected chi connectivity index (χ1v) is 12.3. The van der Waals surface area contributed by atoms with Crippen molar-refractivity contribution in [2.75, 3.05) is 13.1 Å². The molecular weight excluding hydrogens is 428 g/mol. The number of hydrogen-bond donors (Lipinski definition) is 2. The van der Waals surface area contributed by atoms with Crippen LogP contribution in [0, 0.1) is 0 Å². The Morgan fingerprint density at radius 1 is 1.12 bits per heavy atom. The van der Waals surface area contributed by atoms with Crippen molar-refractivity contribution < 1.29 is 23.1 Å². The Labute approximate surface area is 190 Å².